The van der Waals surface area contributed by atoms with Crippen LogP contribution in [0.15, 0.2) is 67.3 Å². The third-order valence-corrected chi connectivity index (χ3v) is 7.34. The molecule has 4 N–H and O–H groups in total. The highest BCUT2D eigenvalue weighted by Gasteiger charge is 2.22. The summed E-state index contributed by atoms with van der Waals surface area (Å²) in [6, 6.07) is 10.9. The summed E-state index contributed by atoms with van der Waals surface area (Å²) < 4.78 is 6.17. The second-order valence-corrected chi connectivity index (χ2v) is 10.5. The number of pyridine rings is 1. The van der Waals surface area contributed by atoms with Crippen molar-refractivity contribution in [1.29, 1.82) is 0 Å². The summed E-state index contributed by atoms with van der Waals surface area (Å²) in [7, 11) is 1.26. The zero-order chi connectivity index (χ0) is 31.1. The van der Waals surface area contributed by atoms with E-state index in [9.17, 15) is 19.5 Å². The number of nitrogens with one attached hydrogen (secondary N) is 3. The minimum Gasteiger partial charge on any atom is -0.480 e. The summed E-state index contributed by atoms with van der Waals surface area (Å²) in [5.41, 5.74) is 4.42. The number of tetrazole rings is 1. The van der Waals surface area contributed by atoms with Crippen molar-refractivity contribution < 1.29 is 24.2 Å². The molecule has 4 aromatic rings. The number of methoxy groups -OCH3 is 1. The fourth-order valence-electron chi connectivity index (χ4n) is 4.95. The van der Waals surface area contributed by atoms with E-state index in [0.29, 0.717) is 64.5 Å². The first-order valence-corrected chi connectivity index (χ1v) is 14.1. The van der Waals surface area contributed by atoms with Gasteiger partial charge in [-0.05, 0) is 71.3 Å². The van der Waals surface area contributed by atoms with Crippen LogP contribution in [-0.2, 0) is 14.3 Å². The molecule has 3 heterocycles. The smallest absolute Gasteiger partial charge is 0.411 e. The van der Waals surface area contributed by atoms with E-state index in [0.717, 1.165) is 5.56 Å². The van der Waals surface area contributed by atoms with Crippen LogP contribution in [0.3, 0.4) is 0 Å². The van der Waals surface area contributed by atoms with Crippen LogP contribution in [0.4, 0.5) is 16.2 Å². The highest BCUT2D eigenvalue weighted by molar-refractivity contribution is 6.30. The molecule has 0 fully saturated rings. The second-order valence-electron chi connectivity index (χ2n) is 10.1. The molecule has 2 atom stereocenters. The largest absolute Gasteiger partial charge is 0.480 e. The maximum Gasteiger partial charge on any atom is 0.411 e. The highest BCUT2D eigenvalue weighted by Crippen LogP contribution is 2.34. The third kappa shape index (κ3) is 7.36. The van der Waals surface area contributed by atoms with Crippen molar-refractivity contribution in [3.8, 4) is 16.8 Å². The number of fused-ring (bicyclic) bond motifs is 4. The molecule has 5 rings (SSSR count). The van der Waals surface area contributed by atoms with Crippen LogP contribution >= 0.6 is 11.6 Å². The number of hydrogen-bond donors (Lipinski definition) is 4. The Morgan fingerprint density at radius 1 is 1.11 bits per heavy atom. The zero-order valence-corrected chi connectivity index (χ0v) is 24.4. The molecule has 44 heavy (non-hydrogen) atoms. The molecular formula is C30H29ClN8O5. The quantitative estimate of drug-likeness (QED) is 0.219. The van der Waals surface area contributed by atoms with Gasteiger partial charge < -0.3 is 20.5 Å². The highest BCUT2D eigenvalue weighted by atomic mass is 35.5. The SMILES string of the molecule is COC(=O)Nc1ccc2c(c1)N[C@@H](C(=O)O)CCCC[C@H](NC(=O)/C=C/c1cc(Cl)ccc1-n1cnnn1)c1cncc-2c1. The molecule has 1 aliphatic heterocycles. The lowest BCUT2D eigenvalue weighted by Crippen LogP contribution is -2.30. The third-order valence-electron chi connectivity index (χ3n) is 7.10. The molecular weight excluding hydrogens is 588 g/mol. The van der Waals surface area contributed by atoms with Crippen molar-refractivity contribution in [1.82, 2.24) is 30.5 Å². The van der Waals surface area contributed by atoms with Crippen molar-refractivity contribution >= 4 is 47.0 Å². The van der Waals surface area contributed by atoms with Gasteiger partial charge in [-0.25, -0.2) is 9.59 Å². The molecule has 0 saturated heterocycles. The zero-order valence-electron chi connectivity index (χ0n) is 23.6. The number of nitrogens with zero attached hydrogens (tertiary/aromatic N) is 5. The van der Waals surface area contributed by atoms with E-state index < -0.39 is 24.1 Å². The van der Waals surface area contributed by atoms with Gasteiger partial charge in [-0.3, -0.25) is 15.1 Å². The second kappa shape index (κ2) is 13.8. The Morgan fingerprint density at radius 2 is 1.95 bits per heavy atom. The number of ether oxygens (including phenoxy) is 1. The molecule has 13 nitrogen and oxygen atoms in total. The van der Waals surface area contributed by atoms with Gasteiger partial charge in [0.15, 0.2) is 0 Å². The molecule has 0 saturated carbocycles. The fraction of sp³-hybridized carbons (Fsp3) is 0.233. The molecule has 2 aromatic carbocycles. The van der Waals surface area contributed by atoms with Crippen molar-refractivity contribution in [3.63, 3.8) is 0 Å². The molecule has 0 spiro atoms. The Labute approximate surface area is 257 Å². The summed E-state index contributed by atoms with van der Waals surface area (Å²) >= 11 is 6.21. The number of aromatic nitrogens is 5. The maximum absolute atomic E-state index is 13.2. The molecule has 0 aliphatic carbocycles. The van der Waals surface area contributed by atoms with E-state index in [4.69, 9.17) is 11.6 Å². The van der Waals surface area contributed by atoms with Crippen LogP contribution in [0.2, 0.25) is 5.02 Å². The van der Waals surface area contributed by atoms with Gasteiger partial charge in [0.05, 0.1) is 18.8 Å². The van der Waals surface area contributed by atoms with Gasteiger partial charge in [0.25, 0.3) is 0 Å². The molecule has 14 heteroatoms. The number of halogens is 1. The average molecular weight is 617 g/mol. The lowest BCUT2D eigenvalue weighted by molar-refractivity contribution is -0.138. The van der Waals surface area contributed by atoms with Crippen LogP contribution < -0.4 is 16.0 Å². The summed E-state index contributed by atoms with van der Waals surface area (Å²) in [4.78, 5) is 41.6. The fourth-order valence-corrected chi connectivity index (χ4v) is 5.13. The first-order chi connectivity index (χ1) is 21.3. The molecule has 0 unspecified atom stereocenters. The first kappa shape index (κ1) is 30.2. The number of hydrogen-bond acceptors (Lipinski definition) is 9. The molecule has 226 valence electrons. The summed E-state index contributed by atoms with van der Waals surface area (Å²) in [6.07, 6.45) is 9.39. The van der Waals surface area contributed by atoms with Gasteiger partial charge in [0.1, 0.15) is 12.4 Å². The molecule has 2 aromatic heterocycles. The first-order valence-electron chi connectivity index (χ1n) is 13.8. The number of carboxylic acids is 1. The van der Waals surface area contributed by atoms with Crippen LogP contribution in [0, 0.1) is 0 Å². The number of carbonyl (C=O) groups is 3. The molecule has 1 aliphatic rings. The number of amides is 2. The summed E-state index contributed by atoms with van der Waals surface area (Å²) in [5.74, 6) is -1.33. The summed E-state index contributed by atoms with van der Waals surface area (Å²) in [5, 5.41) is 30.5. The van der Waals surface area contributed by atoms with Gasteiger partial charge in [-0.2, -0.15) is 4.68 Å². The van der Waals surface area contributed by atoms with Crippen LogP contribution in [0.1, 0.15) is 42.9 Å². The van der Waals surface area contributed by atoms with Crippen molar-refractivity contribution in [2.24, 2.45) is 0 Å². The van der Waals surface area contributed by atoms with E-state index in [1.54, 1.807) is 54.9 Å². The van der Waals surface area contributed by atoms with Gasteiger partial charge >= 0.3 is 12.1 Å². The maximum atomic E-state index is 13.2. The van der Waals surface area contributed by atoms with Gasteiger partial charge in [-0.1, -0.05) is 30.5 Å². The Hall–Kier alpha value is -5.30. The van der Waals surface area contributed by atoms with Crippen LogP contribution in [0.5, 0.6) is 0 Å². The van der Waals surface area contributed by atoms with E-state index in [1.807, 2.05) is 6.07 Å². The van der Waals surface area contributed by atoms with Gasteiger partial charge in [0.2, 0.25) is 5.91 Å². The topological polar surface area (TPSA) is 173 Å². The Kier molecular flexibility index (Phi) is 9.45. The predicted molar refractivity (Wildman–Crippen MR) is 163 cm³/mol. The number of carboxylic acid groups (broad SMARTS) is 1. The van der Waals surface area contributed by atoms with Crippen molar-refractivity contribution in [2.75, 3.05) is 17.7 Å². The number of anilines is 2. The van der Waals surface area contributed by atoms with E-state index in [1.165, 1.54) is 24.2 Å². The Bertz CT molecular complexity index is 1690. The Balaban J connectivity index is 1.44. The summed E-state index contributed by atoms with van der Waals surface area (Å²) in [6.45, 7) is 0. The number of carbonyl (C=O) groups excluding carboxylic acids is 2. The molecule has 0 radical (unpaired) electrons. The van der Waals surface area contributed by atoms with Gasteiger partial charge in [-0.15, -0.1) is 5.10 Å². The minimum atomic E-state index is -0.997. The van der Waals surface area contributed by atoms with E-state index >= 15 is 0 Å². The Morgan fingerprint density at radius 3 is 2.73 bits per heavy atom. The monoisotopic (exact) mass is 616 g/mol. The number of rotatable bonds is 6. The average Bonchev–Trinajstić information content (AvgIpc) is 3.55. The molecule has 2 amide bonds. The van der Waals surface area contributed by atoms with Crippen LogP contribution in [0.25, 0.3) is 22.9 Å². The lowest BCUT2D eigenvalue weighted by Gasteiger charge is -2.23. The standard InChI is InChI=1S/C30H29ClN8O5/c1-44-30(43)34-22-8-9-23-19-12-20(16-32-15-19)24(4-2-3-5-25(29(41)42)35-26(23)14-22)36-28(40)11-6-18-13-21(31)7-10-27(18)39-17-33-37-38-39/h6-17,24-25,35H,2-5H2,1H3,(H,34,43)(H,36,40)(H,41,42)/b11-6+/t24-,25+/m0/s1. The van der Waals surface area contributed by atoms with Crippen LogP contribution in [-0.4, -0.2) is 61.4 Å². The minimum absolute atomic E-state index is 0.334. The molecule has 2 bridgehead atoms. The number of benzene rings is 2. The van der Waals surface area contributed by atoms with E-state index in [2.05, 4.69) is 41.2 Å². The van der Waals surface area contributed by atoms with Gasteiger partial charge in [0, 0.05) is 51.6 Å². The van der Waals surface area contributed by atoms with Crippen molar-refractivity contribution in [2.45, 2.75) is 37.8 Å². The predicted octanol–water partition coefficient (Wildman–Crippen LogP) is 4.87. The number of aliphatic carboxylic acids is 1. The van der Waals surface area contributed by atoms with E-state index in [-0.39, 0.29) is 5.91 Å². The normalized spacial score (nSPS) is 16.5. The van der Waals surface area contributed by atoms with Crippen molar-refractivity contribution in [3.05, 3.63) is 83.4 Å². The lowest BCUT2D eigenvalue weighted by atomic mass is 9.95.